The summed E-state index contributed by atoms with van der Waals surface area (Å²) in [4.78, 5) is 17.9. The molecule has 0 radical (unpaired) electrons. The van der Waals surface area contributed by atoms with E-state index >= 15 is 0 Å². The van der Waals surface area contributed by atoms with Gasteiger partial charge in [-0.1, -0.05) is 6.92 Å². The topological polar surface area (TPSA) is 55.1 Å². The second-order valence-electron chi connectivity index (χ2n) is 5.37. The number of carbonyl (C=O) groups is 1. The summed E-state index contributed by atoms with van der Waals surface area (Å²) in [5.41, 5.74) is 1.18. The molecule has 4 nitrogen and oxygen atoms in total. The van der Waals surface area contributed by atoms with Gasteiger partial charge in [-0.05, 0) is 37.8 Å². The quantitative estimate of drug-likeness (QED) is 0.915. The number of thiazole rings is 1. The van der Waals surface area contributed by atoms with Crippen molar-refractivity contribution in [3.05, 3.63) is 34.2 Å². The number of rotatable bonds is 5. The number of furan rings is 1. The molecule has 0 unspecified atom stereocenters. The van der Waals surface area contributed by atoms with Gasteiger partial charge in [0.25, 0.3) is 0 Å². The molecule has 1 aliphatic rings. The molecule has 0 saturated heterocycles. The number of anilines is 1. The lowest BCUT2D eigenvalue weighted by Crippen LogP contribution is -2.12. The summed E-state index contributed by atoms with van der Waals surface area (Å²) in [6, 6.07) is 3.93. The Morgan fingerprint density at radius 2 is 2.14 bits per heavy atom. The van der Waals surface area contributed by atoms with Crippen LogP contribution in [0.5, 0.6) is 0 Å². The molecule has 0 aromatic carbocycles. The zero-order valence-corrected chi connectivity index (χ0v) is 13.1. The first-order chi connectivity index (χ1) is 10.2. The predicted octanol–water partition coefficient (Wildman–Crippen LogP) is 3.75. The number of aromatic nitrogens is 1. The smallest absolute Gasteiger partial charge is 0.226 e. The molecule has 0 bridgehead atoms. The van der Waals surface area contributed by atoms with E-state index < -0.39 is 0 Å². The maximum atomic E-state index is 12.0. The van der Waals surface area contributed by atoms with Crippen molar-refractivity contribution in [3.63, 3.8) is 0 Å². The monoisotopic (exact) mass is 304 g/mol. The van der Waals surface area contributed by atoms with Gasteiger partial charge in [-0.2, -0.15) is 0 Å². The third kappa shape index (κ3) is 3.53. The lowest BCUT2D eigenvalue weighted by molar-refractivity contribution is -0.116. The third-order valence-corrected chi connectivity index (χ3v) is 4.83. The van der Waals surface area contributed by atoms with Gasteiger partial charge in [-0.15, -0.1) is 11.3 Å². The largest absolute Gasteiger partial charge is 0.466 e. The molecule has 1 amide bonds. The molecule has 0 saturated carbocycles. The predicted molar refractivity (Wildman–Crippen MR) is 83.8 cm³/mol. The van der Waals surface area contributed by atoms with E-state index in [1.165, 1.54) is 23.4 Å². The molecule has 1 N–H and O–H groups in total. The van der Waals surface area contributed by atoms with Gasteiger partial charge in [0, 0.05) is 24.1 Å². The maximum Gasteiger partial charge on any atom is 0.226 e. The second kappa shape index (κ2) is 6.43. The van der Waals surface area contributed by atoms with E-state index in [4.69, 9.17) is 4.42 Å². The van der Waals surface area contributed by atoms with Crippen molar-refractivity contribution in [1.82, 2.24) is 4.98 Å². The first kappa shape index (κ1) is 14.3. The number of aryl methyl sites for hydroxylation is 4. The van der Waals surface area contributed by atoms with E-state index in [0.29, 0.717) is 12.8 Å². The van der Waals surface area contributed by atoms with Crippen molar-refractivity contribution in [2.75, 3.05) is 5.32 Å². The normalized spacial score (nSPS) is 14.0. The number of fused-ring (bicyclic) bond motifs is 1. The van der Waals surface area contributed by atoms with E-state index in [0.717, 1.165) is 35.9 Å². The Morgan fingerprint density at radius 3 is 2.90 bits per heavy atom. The molecule has 1 aliphatic carbocycles. The fourth-order valence-corrected chi connectivity index (χ4v) is 3.64. The van der Waals surface area contributed by atoms with E-state index in [1.807, 2.05) is 12.1 Å². The van der Waals surface area contributed by atoms with Crippen LogP contribution in [0.15, 0.2) is 16.5 Å². The minimum absolute atomic E-state index is 0.00976. The summed E-state index contributed by atoms with van der Waals surface area (Å²) in [5.74, 6) is 1.86. The zero-order valence-electron chi connectivity index (χ0n) is 12.3. The van der Waals surface area contributed by atoms with Gasteiger partial charge in [-0.3, -0.25) is 4.79 Å². The summed E-state index contributed by atoms with van der Waals surface area (Å²) in [7, 11) is 0. The first-order valence-corrected chi connectivity index (χ1v) is 8.42. The Morgan fingerprint density at radius 1 is 1.33 bits per heavy atom. The fraction of sp³-hybridized carbons (Fsp3) is 0.500. The van der Waals surface area contributed by atoms with Gasteiger partial charge >= 0.3 is 0 Å². The molecule has 5 heteroatoms. The number of nitrogens with zero attached hydrogens (tertiary/aromatic N) is 1. The molecule has 0 spiro atoms. The fourth-order valence-electron chi connectivity index (χ4n) is 2.57. The summed E-state index contributed by atoms with van der Waals surface area (Å²) in [5, 5.41) is 3.67. The Labute approximate surface area is 128 Å². The van der Waals surface area contributed by atoms with Crippen LogP contribution in [0.2, 0.25) is 0 Å². The van der Waals surface area contributed by atoms with Crippen LogP contribution in [-0.2, 0) is 30.5 Å². The highest BCUT2D eigenvalue weighted by Crippen LogP contribution is 2.29. The number of hydrogen-bond donors (Lipinski definition) is 1. The molecule has 2 aromatic heterocycles. The van der Waals surface area contributed by atoms with Crippen LogP contribution in [0.1, 0.15) is 48.3 Å². The molecule has 21 heavy (non-hydrogen) atoms. The Bertz CT molecular complexity index is 607. The zero-order chi connectivity index (χ0) is 14.7. The van der Waals surface area contributed by atoms with Gasteiger partial charge in [0.15, 0.2) is 5.13 Å². The molecule has 0 atom stereocenters. The molecule has 112 valence electrons. The van der Waals surface area contributed by atoms with Crippen molar-refractivity contribution >= 4 is 22.4 Å². The highest BCUT2D eigenvalue weighted by molar-refractivity contribution is 7.15. The first-order valence-electron chi connectivity index (χ1n) is 7.60. The van der Waals surface area contributed by atoms with Crippen molar-refractivity contribution < 1.29 is 9.21 Å². The highest BCUT2D eigenvalue weighted by Gasteiger charge is 2.16. The maximum absolute atomic E-state index is 12.0. The van der Waals surface area contributed by atoms with Crippen molar-refractivity contribution in [2.24, 2.45) is 0 Å². The number of nitrogens with one attached hydrogen (secondary N) is 1. The lowest BCUT2D eigenvalue weighted by atomic mass is 10.0. The third-order valence-electron chi connectivity index (χ3n) is 3.76. The average molecular weight is 304 g/mol. The van der Waals surface area contributed by atoms with Crippen molar-refractivity contribution in [1.29, 1.82) is 0 Å². The van der Waals surface area contributed by atoms with Crippen LogP contribution in [0.3, 0.4) is 0 Å². The summed E-state index contributed by atoms with van der Waals surface area (Å²) >= 11 is 1.63. The minimum atomic E-state index is 0.00976. The van der Waals surface area contributed by atoms with Gasteiger partial charge in [0.2, 0.25) is 5.91 Å². The summed E-state index contributed by atoms with van der Waals surface area (Å²) in [6.45, 7) is 2.06. The second-order valence-corrected chi connectivity index (χ2v) is 6.45. The molecule has 3 rings (SSSR count). The molecular weight excluding hydrogens is 284 g/mol. The van der Waals surface area contributed by atoms with Gasteiger partial charge in [0.1, 0.15) is 11.5 Å². The van der Waals surface area contributed by atoms with Crippen LogP contribution in [0.4, 0.5) is 5.13 Å². The summed E-state index contributed by atoms with van der Waals surface area (Å²) < 4.78 is 5.61. The lowest BCUT2D eigenvalue weighted by Gasteiger charge is -2.06. The van der Waals surface area contributed by atoms with Crippen LogP contribution in [-0.4, -0.2) is 10.9 Å². The van der Waals surface area contributed by atoms with E-state index in [1.54, 1.807) is 11.3 Å². The standard InChI is InChI=1S/C16H20N2O2S/c1-2-11-7-8-12(20-11)9-10-15(19)18-16-17-13-5-3-4-6-14(13)21-16/h7-8H,2-6,9-10H2,1H3,(H,17,18,19). The Balaban J connectivity index is 1.53. The Hall–Kier alpha value is -1.62. The number of hydrogen-bond acceptors (Lipinski definition) is 4. The van der Waals surface area contributed by atoms with E-state index in [9.17, 15) is 4.79 Å². The molecular formula is C16H20N2O2S. The number of amides is 1. The van der Waals surface area contributed by atoms with E-state index in [2.05, 4.69) is 17.2 Å². The molecule has 0 aliphatic heterocycles. The molecule has 0 fully saturated rings. The van der Waals surface area contributed by atoms with Crippen LogP contribution in [0.25, 0.3) is 0 Å². The highest BCUT2D eigenvalue weighted by atomic mass is 32.1. The van der Waals surface area contributed by atoms with Crippen LogP contribution >= 0.6 is 11.3 Å². The summed E-state index contributed by atoms with van der Waals surface area (Å²) in [6.07, 6.45) is 6.56. The van der Waals surface area contributed by atoms with Crippen LogP contribution in [0, 0.1) is 0 Å². The molecule has 2 aromatic rings. The average Bonchev–Trinajstić information content (AvgIpc) is 3.10. The van der Waals surface area contributed by atoms with Gasteiger partial charge in [0.05, 0.1) is 5.69 Å². The van der Waals surface area contributed by atoms with Crippen LogP contribution < -0.4 is 5.32 Å². The van der Waals surface area contributed by atoms with Gasteiger partial charge < -0.3 is 9.73 Å². The van der Waals surface area contributed by atoms with Crippen molar-refractivity contribution in [2.45, 2.75) is 51.9 Å². The Kier molecular flexibility index (Phi) is 4.39. The minimum Gasteiger partial charge on any atom is -0.466 e. The van der Waals surface area contributed by atoms with E-state index in [-0.39, 0.29) is 5.91 Å². The van der Waals surface area contributed by atoms with Crippen molar-refractivity contribution in [3.8, 4) is 0 Å². The van der Waals surface area contributed by atoms with Gasteiger partial charge in [-0.25, -0.2) is 4.98 Å². The molecule has 2 heterocycles. The SMILES string of the molecule is CCc1ccc(CCC(=O)Nc2nc3c(s2)CCCC3)o1. The number of carbonyl (C=O) groups excluding carboxylic acids is 1.